The molecule has 4 N–H and O–H groups in total. The first kappa shape index (κ1) is 41.7. The third-order valence-electron chi connectivity index (χ3n) is 7.91. The number of nitrogens with one attached hydrogen (secondary N) is 3. The summed E-state index contributed by atoms with van der Waals surface area (Å²) in [7, 11) is 0. The molecule has 11 heteroatoms. The lowest BCUT2D eigenvalue weighted by atomic mass is 9.94. The lowest BCUT2D eigenvalue weighted by molar-refractivity contribution is -0.150. The number of amides is 3. The predicted molar refractivity (Wildman–Crippen MR) is 193 cm³/mol. The second-order valence-electron chi connectivity index (χ2n) is 12.0. The maximum absolute atomic E-state index is 13.4. The van der Waals surface area contributed by atoms with E-state index < -0.39 is 18.1 Å². The molecule has 0 heterocycles. The summed E-state index contributed by atoms with van der Waals surface area (Å²) in [6.07, 6.45) is 7.63. The van der Waals surface area contributed by atoms with E-state index in [0.717, 1.165) is 24.0 Å². The van der Waals surface area contributed by atoms with Crippen molar-refractivity contribution >= 4 is 23.9 Å². The van der Waals surface area contributed by atoms with E-state index in [1.165, 1.54) is 0 Å². The highest BCUT2D eigenvalue weighted by atomic mass is 16.5. The smallest absolute Gasteiger partial charge is 0.407 e. The summed E-state index contributed by atoms with van der Waals surface area (Å²) < 4.78 is 16.3. The lowest BCUT2D eigenvalue weighted by Crippen LogP contribution is -2.43. The zero-order chi connectivity index (χ0) is 36.2. The lowest BCUT2D eigenvalue weighted by Gasteiger charge is -2.24. The Morgan fingerprint density at radius 2 is 1.50 bits per heavy atom. The largest absolute Gasteiger partial charge is 0.463 e. The van der Waals surface area contributed by atoms with E-state index in [9.17, 15) is 19.2 Å². The molecule has 0 fully saturated rings. The van der Waals surface area contributed by atoms with Crippen LogP contribution in [0.25, 0.3) is 0 Å². The van der Waals surface area contributed by atoms with Gasteiger partial charge in [0.1, 0.15) is 13.2 Å². The Morgan fingerprint density at radius 1 is 0.780 bits per heavy atom. The molecule has 3 atom stereocenters. The number of carbonyl (C=O) groups excluding carboxylic acids is 4. The molecule has 50 heavy (non-hydrogen) atoms. The van der Waals surface area contributed by atoms with Gasteiger partial charge < -0.3 is 35.3 Å². The summed E-state index contributed by atoms with van der Waals surface area (Å²) in [6.45, 7) is 8.63. The van der Waals surface area contributed by atoms with Gasteiger partial charge in [-0.05, 0) is 62.5 Å². The van der Waals surface area contributed by atoms with Gasteiger partial charge in [0.15, 0.2) is 0 Å². The van der Waals surface area contributed by atoms with E-state index >= 15 is 0 Å². The van der Waals surface area contributed by atoms with Crippen molar-refractivity contribution in [3.63, 3.8) is 0 Å². The van der Waals surface area contributed by atoms with Crippen molar-refractivity contribution in [3.8, 4) is 0 Å². The van der Waals surface area contributed by atoms with Crippen LogP contribution in [0, 0.1) is 11.8 Å². The van der Waals surface area contributed by atoms with E-state index in [1.807, 2.05) is 66.7 Å². The fraction of sp³-hybridized carbons (Fsp3) is 0.487. The number of ether oxygens (including phenoxy) is 3. The molecule has 0 aliphatic carbocycles. The van der Waals surface area contributed by atoms with E-state index in [1.54, 1.807) is 6.08 Å². The highest BCUT2D eigenvalue weighted by molar-refractivity contribution is 5.86. The molecule has 0 aromatic heterocycles. The fourth-order valence-electron chi connectivity index (χ4n) is 5.22. The summed E-state index contributed by atoms with van der Waals surface area (Å²) in [5.41, 5.74) is 1.93. The third kappa shape index (κ3) is 18.9. The number of benzene rings is 2. The molecule has 3 amide bonds. The molecule has 11 nitrogen and oxygen atoms in total. The van der Waals surface area contributed by atoms with Gasteiger partial charge in [-0.15, -0.1) is 13.2 Å². The second kappa shape index (κ2) is 26.4. The number of aliphatic hydroxyl groups excluding tert-OH is 1. The van der Waals surface area contributed by atoms with Crippen molar-refractivity contribution in [1.29, 1.82) is 0 Å². The molecule has 2 rings (SSSR count). The number of aliphatic hydroxyl groups is 1. The van der Waals surface area contributed by atoms with Crippen molar-refractivity contribution in [2.45, 2.75) is 70.4 Å². The van der Waals surface area contributed by atoms with E-state index in [0.29, 0.717) is 38.6 Å². The zero-order valence-electron chi connectivity index (χ0n) is 29.2. The predicted octanol–water partition coefficient (Wildman–Crippen LogP) is 5.03. The van der Waals surface area contributed by atoms with Gasteiger partial charge in [0.25, 0.3) is 0 Å². The highest BCUT2D eigenvalue weighted by Crippen LogP contribution is 2.18. The number of unbranched alkanes of at least 4 members (excludes halogenated alkanes) is 2. The Morgan fingerprint density at radius 3 is 2.18 bits per heavy atom. The molecule has 0 radical (unpaired) electrons. The molecule has 0 saturated carbocycles. The Hall–Kier alpha value is -4.48. The number of esters is 1. The fourth-order valence-corrected chi connectivity index (χ4v) is 5.22. The Bertz CT molecular complexity index is 1270. The minimum absolute atomic E-state index is 0.0287. The molecular weight excluding hydrogens is 638 g/mol. The molecule has 0 saturated heterocycles. The van der Waals surface area contributed by atoms with Crippen LogP contribution in [0.1, 0.15) is 62.5 Å². The van der Waals surface area contributed by atoms with Gasteiger partial charge in [-0.2, -0.15) is 0 Å². The van der Waals surface area contributed by atoms with Crippen LogP contribution in [-0.2, 0) is 41.6 Å². The van der Waals surface area contributed by atoms with Crippen LogP contribution in [0.5, 0.6) is 0 Å². The van der Waals surface area contributed by atoms with Crippen LogP contribution in [0.4, 0.5) is 4.79 Å². The Labute approximate surface area is 296 Å². The summed E-state index contributed by atoms with van der Waals surface area (Å²) in [5, 5.41) is 17.3. The first-order chi connectivity index (χ1) is 24.4. The summed E-state index contributed by atoms with van der Waals surface area (Å²) in [4.78, 5) is 51.5. The molecule has 0 bridgehead atoms. The van der Waals surface area contributed by atoms with Gasteiger partial charge in [0.2, 0.25) is 11.8 Å². The number of hydrogen-bond acceptors (Lipinski definition) is 8. The Balaban J connectivity index is 1.99. The number of carbonyl (C=O) groups is 4. The van der Waals surface area contributed by atoms with Crippen LogP contribution >= 0.6 is 0 Å². The Kier molecular flexibility index (Phi) is 22.0. The number of alkyl carbamates (subject to hydrolysis) is 1. The van der Waals surface area contributed by atoms with Crippen LogP contribution in [0.2, 0.25) is 0 Å². The van der Waals surface area contributed by atoms with Crippen LogP contribution < -0.4 is 16.0 Å². The van der Waals surface area contributed by atoms with Crippen molar-refractivity contribution < 1.29 is 38.5 Å². The average Bonchev–Trinajstić information content (AvgIpc) is 3.12. The van der Waals surface area contributed by atoms with Crippen LogP contribution in [0.3, 0.4) is 0 Å². The monoisotopic (exact) mass is 693 g/mol. The minimum atomic E-state index is -0.671. The van der Waals surface area contributed by atoms with Gasteiger partial charge in [-0.3, -0.25) is 14.4 Å². The van der Waals surface area contributed by atoms with Crippen LogP contribution in [0.15, 0.2) is 86.0 Å². The standard InChI is InChI=1S/C39H55N3O8/c1-3-5-8-20-34(27-31-16-9-6-10-17-31)38(46)49-30-35(21-13-14-22-41-39(47)50-29-32-18-11-7-12-19-32)42-37(45)33(15-4-2)28-36(44)40-23-25-48-26-24-43/h3-4,6-7,9-12,16-19,33-35,43H,1-2,5,8,13-15,20-30H2,(H,40,44)(H,41,47)(H,42,45). The van der Waals surface area contributed by atoms with Crippen molar-refractivity contribution in [3.05, 3.63) is 97.1 Å². The van der Waals surface area contributed by atoms with Gasteiger partial charge in [-0.1, -0.05) is 72.8 Å². The molecule has 2 aromatic rings. The molecule has 2 aromatic carbocycles. The summed E-state index contributed by atoms with van der Waals surface area (Å²) >= 11 is 0. The normalized spacial score (nSPS) is 12.5. The molecule has 0 aliphatic rings. The van der Waals surface area contributed by atoms with Gasteiger partial charge in [0, 0.05) is 19.5 Å². The maximum Gasteiger partial charge on any atom is 0.407 e. The maximum atomic E-state index is 13.4. The second-order valence-corrected chi connectivity index (χ2v) is 12.0. The van der Waals surface area contributed by atoms with Crippen molar-refractivity contribution in [2.24, 2.45) is 11.8 Å². The average molecular weight is 694 g/mol. The first-order valence-electron chi connectivity index (χ1n) is 17.5. The molecule has 0 spiro atoms. The highest BCUT2D eigenvalue weighted by Gasteiger charge is 2.26. The summed E-state index contributed by atoms with van der Waals surface area (Å²) in [6, 6.07) is 18.7. The van der Waals surface area contributed by atoms with E-state index in [4.69, 9.17) is 19.3 Å². The van der Waals surface area contributed by atoms with E-state index in [-0.39, 0.29) is 76.1 Å². The SMILES string of the molecule is C=CCCCC(Cc1ccccc1)C(=O)OCC(CCCCNC(=O)OCc1ccccc1)NC(=O)C(CC=C)CC(=O)NCCOCCO. The minimum Gasteiger partial charge on any atom is -0.463 e. The molecule has 0 aliphatic heterocycles. The summed E-state index contributed by atoms with van der Waals surface area (Å²) in [5.74, 6) is -2.00. The molecule has 3 unspecified atom stereocenters. The van der Waals surface area contributed by atoms with Crippen molar-refractivity contribution in [2.75, 3.05) is 39.5 Å². The zero-order valence-corrected chi connectivity index (χ0v) is 29.2. The van der Waals surface area contributed by atoms with Gasteiger partial charge >= 0.3 is 12.1 Å². The topological polar surface area (TPSA) is 152 Å². The first-order valence-corrected chi connectivity index (χ1v) is 17.5. The van der Waals surface area contributed by atoms with E-state index in [2.05, 4.69) is 29.1 Å². The van der Waals surface area contributed by atoms with Gasteiger partial charge in [0.05, 0.1) is 37.7 Å². The molecular formula is C39H55N3O8. The number of allylic oxidation sites excluding steroid dienone is 2. The van der Waals surface area contributed by atoms with Crippen LogP contribution in [-0.4, -0.2) is 74.5 Å². The molecule has 274 valence electrons. The third-order valence-corrected chi connectivity index (χ3v) is 7.91. The number of rotatable bonds is 27. The quantitative estimate of drug-likeness (QED) is 0.0578. The number of hydrogen-bond donors (Lipinski definition) is 4. The van der Waals surface area contributed by atoms with Gasteiger partial charge in [-0.25, -0.2) is 4.79 Å². The van der Waals surface area contributed by atoms with Crippen molar-refractivity contribution in [1.82, 2.24) is 16.0 Å².